The molecule has 0 amide bonds. The summed E-state index contributed by atoms with van der Waals surface area (Å²) in [5.74, 6) is 0.598. The Hall–Kier alpha value is -2.06. The molecule has 0 saturated heterocycles. The first-order chi connectivity index (χ1) is 10.8. The minimum absolute atomic E-state index is 0.0336. The molecule has 23 heavy (non-hydrogen) atoms. The molecule has 0 bridgehead atoms. The van der Waals surface area contributed by atoms with Gasteiger partial charge in [0.1, 0.15) is 17.2 Å². The highest BCUT2D eigenvalue weighted by Crippen LogP contribution is 2.27. The summed E-state index contributed by atoms with van der Waals surface area (Å²) in [7, 11) is -3.28. The van der Waals surface area contributed by atoms with Crippen molar-refractivity contribution in [3.05, 3.63) is 40.6 Å². The lowest BCUT2D eigenvalue weighted by molar-refractivity contribution is 0.602. The SMILES string of the molecule is Cc1csc(C(C)Nc2ncnc3ccc(S(C)(=O)=O)cc23)n1. The fraction of sp³-hybridized carbons (Fsp3) is 0.267. The lowest BCUT2D eigenvalue weighted by atomic mass is 10.2. The lowest BCUT2D eigenvalue weighted by Crippen LogP contribution is -2.09. The zero-order valence-electron chi connectivity index (χ0n) is 12.9. The van der Waals surface area contributed by atoms with E-state index in [0.717, 1.165) is 10.7 Å². The van der Waals surface area contributed by atoms with E-state index in [2.05, 4.69) is 20.3 Å². The summed E-state index contributed by atoms with van der Waals surface area (Å²) in [6.45, 7) is 3.94. The third-order valence-corrected chi connectivity index (χ3v) is 5.65. The van der Waals surface area contributed by atoms with Gasteiger partial charge in [-0.15, -0.1) is 11.3 Å². The monoisotopic (exact) mass is 348 g/mol. The molecule has 0 saturated carbocycles. The smallest absolute Gasteiger partial charge is 0.175 e. The topological polar surface area (TPSA) is 84.8 Å². The van der Waals surface area contributed by atoms with Gasteiger partial charge in [0.15, 0.2) is 9.84 Å². The molecule has 1 aromatic carbocycles. The Morgan fingerprint density at radius 1 is 1.26 bits per heavy atom. The standard InChI is InChI=1S/C15H16N4O2S2/c1-9-7-22-15(18-9)10(2)19-14-12-6-11(23(3,20)21)4-5-13(12)16-8-17-14/h4-8,10H,1-3H3,(H,16,17,19). The summed E-state index contributed by atoms with van der Waals surface area (Å²) in [4.78, 5) is 13.2. The number of hydrogen-bond donors (Lipinski definition) is 1. The molecule has 2 heterocycles. The second-order valence-corrected chi connectivity index (χ2v) is 8.27. The van der Waals surface area contributed by atoms with Crippen LogP contribution in [-0.2, 0) is 9.84 Å². The van der Waals surface area contributed by atoms with E-state index in [1.54, 1.807) is 29.5 Å². The third-order valence-electron chi connectivity index (χ3n) is 3.40. The maximum atomic E-state index is 11.8. The molecule has 0 radical (unpaired) electrons. The van der Waals surface area contributed by atoms with Crippen molar-refractivity contribution in [3.8, 4) is 0 Å². The zero-order valence-corrected chi connectivity index (χ0v) is 14.6. The van der Waals surface area contributed by atoms with Gasteiger partial charge in [0.25, 0.3) is 0 Å². The Balaban J connectivity index is 2.03. The van der Waals surface area contributed by atoms with Crippen molar-refractivity contribution in [2.24, 2.45) is 0 Å². The number of anilines is 1. The molecule has 120 valence electrons. The van der Waals surface area contributed by atoms with Crippen LogP contribution >= 0.6 is 11.3 Å². The van der Waals surface area contributed by atoms with Crippen molar-refractivity contribution < 1.29 is 8.42 Å². The van der Waals surface area contributed by atoms with Crippen molar-refractivity contribution in [1.29, 1.82) is 0 Å². The van der Waals surface area contributed by atoms with Crippen LogP contribution in [0.1, 0.15) is 23.7 Å². The molecule has 0 aliphatic carbocycles. The predicted octanol–water partition coefficient (Wildman–Crippen LogP) is 2.97. The Morgan fingerprint density at radius 3 is 2.70 bits per heavy atom. The first-order valence-electron chi connectivity index (χ1n) is 6.98. The minimum Gasteiger partial charge on any atom is -0.360 e. The maximum Gasteiger partial charge on any atom is 0.175 e. The van der Waals surface area contributed by atoms with E-state index in [1.807, 2.05) is 19.2 Å². The number of thiazole rings is 1. The van der Waals surface area contributed by atoms with Crippen molar-refractivity contribution in [2.45, 2.75) is 24.8 Å². The third kappa shape index (κ3) is 3.32. The summed E-state index contributed by atoms with van der Waals surface area (Å²) in [6.07, 6.45) is 2.65. The van der Waals surface area contributed by atoms with E-state index in [-0.39, 0.29) is 10.9 Å². The van der Waals surface area contributed by atoms with Crippen LogP contribution in [0.2, 0.25) is 0 Å². The lowest BCUT2D eigenvalue weighted by Gasteiger charge is -2.14. The highest BCUT2D eigenvalue weighted by Gasteiger charge is 2.14. The van der Waals surface area contributed by atoms with Gasteiger partial charge in [0.2, 0.25) is 0 Å². The van der Waals surface area contributed by atoms with Gasteiger partial charge >= 0.3 is 0 Å². The summed E-state index contributed by atoms with van der Waals surface area (Å²) in [6, 6.07) is 4.82. The van der Waals surface area contributed by atoms with Gasteiger partial charge in [-0.1, -0.05) is 0 Å². The van der Waals surface area contributed by atoms with Gasteiger partial charge in [-0.25, -0.2) is 23.4 Å². The van der Waals surface area contributed by atoms with E-state index in [9.17, 15) is 8.42 Å². The van der Waals surface area contributed by atoms with Crippen molar-refractivity contribution in [1.82, 2.24) is 15.0 Å². The zero-order chi connectivity index (χ0) is 16.6. The molecular formula is C15H16N4O2S2. The summed E-state index contributed by atoms with van der Waals surface area (Å²) in [5.41, 5.74) is 1.67. The van der Waals surface area contributed by atoms with Gasteiger partial charge in [0.05, 0.1) is 16.5 Å². The van der Waals surface area contributed by atoms with Gasteiger partial charge in [-0.3, -0.25) is 0 Å². The number of sulfone groups is 1. The van der Waals surface area contributed by atoms with Crippen molar-refractivity contribution in [2.75, 3.05) is 11.6 Å². The Bertz CT molecular complexity index is 967. The van der Waals surface area contributed by atoms with E-state index in [0.29, 0.717) is 16.7 Å². The number of nitrogens with one attached hydrogen (secondary N) is 1. The average Bonchev–Trinajstić information content (AvgIpc) is 2.93. The van der Waals surface area contributed by atoms with Gasteiger partial charge in [0, 0.05) is 22.7 Å². The molecule has 6 nitrogen and oxygen atoms in total. The summed E-state index contributed by atoms with van der Waals surface area (Å²) >= 11 is 1.58. The Labute approximate surface area is 138 Å². The molecular weight excluding hydrogens is 332 g/mol. The largest absolute Gasteiger partial charge is 0.360 e. The number of benzene rings is 1. The fourth-order valence-corrected chi connectivity index (χ4v) is 3.67. The molecule has 0 spiro atoms. The van der Waals surface area contributed by atoms with Gasteiger partial charge < -0.3 is 5.32 Å². The molecule has 1 N–H and O–H groups in total. The molecule has 0 aliphatic rings. The van der Waals surface area contributed by atoms with E-state index in [1.165, 1.54) is 12.6 Å². The van der Waals surface area contributed by atoms with E-state index >= 15 is 0 Å². The predicted molar refractivity (Wildman–Crippen MR) is 91.5 cm³/mol. The first kappa shape index (κ1) is 15.8. The molecule has 1 unspecified atom stereocenters. The summed E-state index contributed by atoms with van der Waals surface area (Å²) in [5, 5.41) is 6.92. The van der Waals surface area contributed by atoms with Crippen LogP contribution in [-0.4, -0.2) is 29.6 Å². The quantitative estimate of drug-likeness (QED) is 0.780. The molecule has 0 aliphatic heterocycles. The molecule has 8 heteroatoms. The first-order valence-corrected chi connectivity index (χ1v) is 9.75. The molecule has 3 rings (SSSR count). The highest BCUT2D eigenvalue weighted by molar-refractivity contribution is 7.90. The van der Waals surface area contributed by atoms with Crippen molar-refractivity contribution in [3.63, 3.8) is 0 Å². The summed E-state index contributed by atoms with van der Waals surface area (Å²) < 4.78 is 23.5. The second kappa shape index (κ2) is 5.86. The minimum atomic E-state index is -3.28. The van der Waals surface area contributed by atoms with E-state index in [4.69, 9.17) is 0 Å². The number of nitrogens with zero attached hydrogens (tertiary/aromatic N) is 3. The number of rotatable bonds is 4. The number of hydrogen-bond acceptors (Lipinski definition) is 7. The van der Waals surface area contributed by atoms with E-state index < -0.39 is 9.84 Å². The molecule has 2 aromatic heterocycles. The second-order valence-electron chi connectivity index (χ2n) is 5.37. The van der Waals surface area contributed by atoms with Gasteiger partial charge in [-0.05, 0) is 32.0 Å². The van der Waals surface area contributed by atoms with Gasteiger partial charge in [-0.2, -0.15) is 0 Å². The fourth-order valence-electron chi connectivity index (χ4n) is 2.22. The van der Waals surface area contributed by atoms with Crippen LogP contribution in [0.3, 0.4) is 0 Å². The Morgan fingerprint density at radius 2 is 2.04 bits per heavy atom. The Kier molecular flexibility index (Phi) is 4.03. The van der Waals surface area contributed by atoms with Crippen LogP contribution in [0.15, 0.2) is 34.8 Å². The number of fused-ring (bicyclic) bond motifs is 1. The number of aromatic nitrogens is 3. The van der Waals surface area contributed by atoms with Crippen molar-refractivity contribution >= 4 is 37.9 Å². The number of aryl methyl sites for hydroxylation is 1. The molecule has 0 fully saturated rings. The van der Waals surface area contributed by atoms with Crippen LogP contribution in [0.25, 0.3) is 10.9 Å². The van der Waals surface area contributed by atoms with Crippen LogP contribution in [0.4, 0.5) is 5.82 Å². The molecule has 3 aromatic rings. The normalized spacial score (nSPS) is 13.2. The van der Waals surface area contributed by atoms with Crippen LogP contribution < -0.4 is 5.32 Å². The maximum absolute atomic E-state index is 11.8. The van der Waals surface area contributed by atoms with Crippen LogP contribution in [0.5, 0.6) is 0 Å². The highest BCUT2D eigenvalue weighted by atomic mass is 32.2. The van der Waals surface area contributed by atoms with Crippen LogP contribution in [0, 0.1) is 6.92 Å². The molecule has 1 atom stereocenters. The average molecular weight is 348 g/mol.